The van der Waals surface area contributed by atoms with Gasteiger partial charge in [-0.25, -0.2) is 0 Å². The lowest BCUT2D eigenvalue weighted by Gasteiger charge is -2.30. The zero-order valence-electron chi connectivity index (χ0n) is 11.7. The average molecular weight is 239 g/mol. The Hall–Kier alpha value is -0.730. The van der Waals surface area contributed by atoms with Gasteiger partial charge in [-0.2, -0.15) is 0 Å². The smallest absolute Gasteiger partial charge is 0.188 e. The van der Waals surface area contributed by atoms with Crippen LogP contribution < -0.4 is 11.1 Å². The molecule has 0 bridgehead atoms. The monoisotopic (exact) mass is 239 g/mol. The molecule has 0 aliphatic heterocycles. The van der Waals surface area contributed by atoms with Gasteiger partial charge in [-0.3, -0.25) is 4.99 Å². The fourth-order valence-corrected chi connectivity index (χ4v) is 2.61. The Labute approximate surface area is 106 Å². The third-order valence-corrected chi connectivity index (χ3v) is 3.62. The van der Waals surface area contributed by atoms with Gasteiger partial charge in [-0.15, -0.1) is 0 Å². The molecule has 0 spiro atoms. The van der Waals surface area contributed by atoms with Crippen LogP contribution in [-0.2, 0) is 0 Å². The quantitative estimate of drug-likeness (QED) is 0.572. The standard InChI is InChI=1S/C14H29N3/c1-4-13(12-8-6-5-7-9-12)17-14(15)16-10-11(2)3/h11-13H,4-10H2,1-3H3,(H3,15,16,17). The summed E-state index contributed by atoms with van der Waals surface area (Å²) in [5, 5.41) is 3.42. The maximum absolute atomic E-state index is 5.94. The summed E-state index contributed by atoms with van der Waals surface area (Å²) < 4.78 is 0. The summed E-state index contributed by atoms with van der Waals surface area (Å²) in [6.45, 7) is 7.38. The van der Waals surface area contributed by atoms with Crippen LogP contribution >= 0.6 is 0 Å². The Bertz CT molecular complexity index is 230. The second-order valence-corrected chi connectivity index (χ2v) is 5.68. The topological polar surface area (TPSA) is 50.4 Å². The minimum Gasteiger partial charge on any atom is -0.370 e. The van der Waals surface area contributed by atoms with E-state index in [4.69, 9.17) is 5.73 Å². The summed E-state index contributed by atoms with van der Waals surface area (Å²) in [5.41, 5.74) is 5.94. The van der Waals surface area contributed by atoms with E-state index in [2.05, 4.69) is 31.1 Å². The van der Waals surface area contributed by atoms with Gasteiger partial charge < -0.3 is 11.1 Å². The minimum absolute atomic E-state index is 0.520. The summed E-state index contributed by atoms with van der Waals surface area (Å²) in [4.78, 5) is 4.39. The van der Waals surface area contributed by atoms with Crippen molar-refractivity contribution in [3.63, 3.8) is 0 Å². The average Bonchev–Trinajstić information content (AvgIpc) is 2.34. The van der Waals surface area contributed by atoms with Crippen LogP contribution in [-0.4, -0.2) is 18.5 Å². The number of guanidine groups is 1. The van der Waals surface area contributed by atoms with E-state index in [-0.39, 0.29) is 0 Å². The van der Waals surface area contributed by atoms with Crippen molar-refractivity contribution < 1.29 is 0 Å². The number of nitrogens with two attached hydrogens (primary N) is 1. The lowest BCUT2D eigenvalue weighted by atomic mass is 9.83. The van der Waals surface area contributed by atoms with Crippen molar-refractivity contribution in [2.75, 3.05) is 6.54 Å². The van der Waals surface area contributed by atoms with Crippen LogP contribution in [0.1, 0.15) is 59.3 Å². The van der Waals surface area contributed by atoms with Gasteiger partial charge in [0.1, 0.15) is 0 Å². The normalized spacial score (nSPS) is 20.6. The first kappa shape index (κ1) is 14.3. The van der Waals surface area contributed by atoms with Gasteiger partial charge in [0.25, 0.3) is 0 Å². The van der Waals surface area contributed by atoms with Crippen LogP contribution in [0.2, 0.25) is 0 Å². The minimum atomic E-state index is 0.520. The van der Waals surface area contributed by atoms with Gasteiger partial charge in [-0.1, -0.05) is 40.0 Å². The predicted molar refractivity (Wildman–Crippen MR) is 75.1 cm³/mol. The molecule has 0 heterocycles. The first-order valence-corrected chi connectivity index (χ1v) is 7.20. The highest BCUT2D eigenvalue weighted by Gasteiger charge is 2.22. The van der Waals surface area contributed by atoms with E-state index in [1.54, 1.807) is 0 Å². The molecule has 1 aliphatic carbocycles. The van der Waals surface area contributed by atoms with Crippen molar-refractivity contribution in [1.82, 2.24) is 5.32 Å². The van der Waals surface area contributed by atoms with E-state index in [0.29, 0.717) is 17.9 Å². The molecule has 3 heteroatoms. The van der Waals surface area contributed by atoms with Gasteiger partial charge in [0.05, 0.1) is 0 Å². The largest absolute Gasteiger partial charge is 0.370 e. The number of nitrogens with one attached hydrogen (secondary N) is 1. The van der Waals surface area contributed by atoms with Crippen molar-refractivity contribution in [2.45, 2.75) is 65.3 Å². The molecule has 1 aliphatic rings. The Morgan fingerprint density at radius 3 is 2.47 bits per heavy atom. The first-order valence-electron chi connectivity index (χ1n) is 7.20. The van der Waals surface area contributed by atoms with Crippen LogP contribution in [0.25, 0.3) is 0 Å². The van der Waals surface area contributed by atoms with Crippen molar-refractivity contribution in [1.29, 1.82) is 0 Å². The highest BCUT2D eigenvalue weighted by Crippen LogP contribution is 2.27. The molecule has 3 N–H and O–H groups in total. The zero-order chi connectivity index (χ0) is 12.7. The Morgan fingerprint density at radius 1 is 1.29 bits per heavy atom. The highest BCUT2D eigenvalue weighted by atomic mass is 15.1. The van der Waals surface area contributed by atoms with Crippen molar-refractivity contribution >= 4 is 5.96 Å². The summed E-state index contributed by atoms with van der Waals surface area (Å²) >= 11 is 0. The number of aliphatic imine (C=N–C) groups is 1. The highest BCUT2D eigenvalue weighted by molar-refractivity contribution is 5.78. The number of hydrogen-bond donors (Lipinski definition) is 2. The molecule has 1 atom stereocenters. The fourth-order valence-electron chi connectivity index (χ4n) is 2.61. The Kier molecular flexibility index (Phi) is 6.38. The third kappa shape index (κ3) is 5.42. The summed E-state index contributed by atoms with van der Waals surface area (Å²) in [7, 11) is 0. The molecule has 0 amide bonds. The lowest BCUT2D eigenvalue weighted by molar-refractivity contribution is 0.283. The molecule has 0 aromatic heterocycles. The molecule has 1 rings (SSSR count). The molecule has 0 aromatic carbocycles. The van der Waals surface area contributed by atoms with E-state index < -0.39 is 0 Å². The van der Waals surface area contributed by atoms with E-state index >= 15 is 0 Å². The van der Waals surface area contributed by atoms with Gasteiger partial charge in [0.2, 0.25) is 0 Å². The van der Waals surface area contributed by atoms with Crippen LogP contribution in [0.15, 0.2) is 4.99 Å². The van der Waals surface area contributed by atoms with Crippen LogP contribution in [0.4, 0.5) is 0 Å². The predicted octanol–water partition coefficient (Wildman–Crippen LogP) is 2.91. The SMILES string of the molecule is CCC(NC(N)=NCC(C)C)C1CCCCC1. The number of rotatable bonds is 5. The molecule has 1 fully saturated rings. The Morgan fingerprint density at radius 2 is 1.94 bits per heavy atom. The third-order valence-electron chi connectivity index (χ3n) is 3.62. The number of nitrogens with zero attached hydrogens (tertiary/aromatic N) is 1. The summed E-state index contributed by atoms with van der Waals surface area (Å²) in [5.74, 6) is 2.00. The Balaban J connectivity index is 2.41. The zero-order valence-corrected chi connectivity index (χ0v) is 11.7. The van der Waals surface area contributed by atoms with Crippen LogP contribution in [0.5, 0.6) is 0 Å². The van der Waals surface area contributed by atoms with E-state index in [0.717, 1.165) is 18.9 Å². The fraction of sp³-hybridized carbons (Fsp3) is 0.929. The van der Waals surface area contributed by atoms with Crippen LogP contribution in [0, 0.1) is 11.8 Å². The second kappa shape index (κ2) is 7.57. The molecule has 100 valence electrons. The molecular formula is C14H29N3. The second-order valence-electron chi connectivity index (χ2n) is 5.68. The van der Waals surface area contributed by atoms with Gasteiger partial charge in [0, 0.05) is 12.6 Å². The molecular weight excluding hydrogens is 210 g/mol. The van der Waals surface area contributed by atoms with E-state index in [9.17, 15) is 0 Å². The summed E-state index contributed by atoms with van der Waals surface area (Å²) in [6, 6.07) is 0.520. The first-order chi connectivity index (χ1) is 8.13. The molecule has 0 radical (unpaired) electrons. The molecule has 1 unspecified atom stereocenters. The molecule has 1 saturated carbocycles. The summed E-state index contributed by atoms with van der Waals surface area (Å²) in [6.07, 6.45) is 8.01. The van der Waals surface area contributed by atoms with Crippen molar-refractivity contribution in [3.8, 4) is 0 Å². The maximum Gasteiger partial charge on any atom is 0.188 e. The maximum atomic E-state index is 5.94. The lowest BCUT2D eigenvalue weighted by Crippen LogP contribution is -2.44. The van der Waals surface area contributed by atoms with Crippen molar-refractivity contribution in [3.05, 3.63) is 0 Å². The van der Waals surface area contributed by atoms with Gasteiger partial charge >= 0.3 is 0 Å². The molecule has 17 heavy (non-hydrogen) atoms. The van der Waals surface area contributed by atoms with E-state index in [1.165, 1.54) is 32.1 Å². The van der Waals surface area contributed by atoms with E-state index in [1.807, 2.05) is 0 Å². The molecule has 3 nitrogen and oxygen atoms in total. The van der Waals surface area contributed by atoms with Crippen molar-refractivity contribution in [2.24, 2.45) is 22.6 Å². The molecule has 0 saturated heterocycles. The number of hydrogen-bond acceptors (Lipinski definition) is 1. The van der Waals surface area contributed by atoms with Gasteiger partial charge in [0.15, 0.2) is 5.96 Å². The molecule has 0 aromatic rings. The van der Waals surface area contributed by atoms with Crippen LogP contribution in [0.3, 0.4) is 0 Å². The van der Waals surface area contributed by atoms with Gasteiger partial charge in [-0.05, 0) is 31.1 Å².